The highest BCUT2D eigenvalue weighted by atomic mass is 16.5. The summed E-state index contributed by atoms with van der Waals surface area (Å²) in [4.78, 5) is 12.7. The molecule has 1 saturated heterocycles. The molecular weight excluding hydrogens is 290 g/mol. The lowest BCUT2D eigenvalue weighted by atomic mass is 9.82. The molecule has 126 valence electrons. The largest absolute Gasteiger partial charge is 0.373 e. The molecule has 1 atom stereocenters. The summed E-state index contributed by atoms with van der Waals surface area (Å²) in [6.07, 6.45) is 11.5. The van der Waals surface area contributed by atoms with E-state index in [4.69, 9.17) is 4.74 Å². The van der Waals surface area contributed by atoms with Gasteiger partial charge in [0.05, 0.1) is 18.2 Å². The molecule has 5 nitrogen and oxygen atoms in total. The minimum Gasteiger partial charge on any atom is -0.373 e. The molecule has 1 N–H and O–H groups in total. The second-order valence-corrected chi connectivity index (χ2v) is 7.53. The number of nitrogens with one attached hydrogen (secondary N) is 1. The summed E-state index contributed by atoms with van der Waals surface area (Å²) in [5.74, 6) is -0.00907. The van der Waals surface area contributed by atoms with Gasteiger partial charge in [-0.25, -0.2) is 0 Å². The van der Waals surface area contributed by atoms with Crippen LogP contribution in [0.4, 0.5) is 0 Å². The van der Waals surface area contributed by atoms with Crippen LogP contribution >= 0.6 is 0 Å². The molecule has 1 aromatic heterocycles. The van der Waals surface area contributed by atoms with Gasteiger partial charge in [-0.2, -0.15) is 5.10 Å². The van der Waals surface area contributed by atoms with Gasteiger partial charge in [0.25, 0.3) is 5.91 Å². The number of fused-ring (bicyclic) bond motifs is 1. The number of ether oxygens (including phenoxy) is 1. The van der Waals surface area contributed by atoms with Crippen LogP contribution in [0.25, 0.3) is 0 Å². The molecular formula is C18H27N3O2. The first-order chi connectivity index (χ1) is 11.2. The molecule has 0 aromatic carbocycles. The van der Waals surface area contributed by atoms with E-state index in [2.05, 4.69) is 10.4 Å². The topological polar surface area (TPSA) is 56.2 Å². The molecule has 1 amide bonds. The SMILES string of the molecule is Cn1nc(C(=O)NC2COC3(CCCCC3)C2)c2c1CCCC2. The summed E-state index contributed by atoms with van der Waals surface area (Å²) in [5.41, 5.74) is 3.10. The summed E-state index contributed by atoms with van der Waals surface area (Å²) in [7, 11) is 1.95. The number of aryl methyl sites for hydroxylation is 1. The van der Waals surface area contributed by atoms with Crippen LogP contribution in [-0.4, -0.2) is 33.9 Å². The Morgan fingerprint density at radius 1 is 1.22 bits per heavy atom. The van der Waals surface area contributed by atoms with E-state index in [0.29, 0.717) is 12.3 Å². The van der Waals surface area contributed by atoms with Gasteiger partial charge in [0.2, 0.25) is 0 Å². The molecule has 1 saturated carbocycles. The van der Waals surface area contributed by atoms with Crippen molar-refractivity contribution in [1.82, 2.24) is 15.1 Å². The number of rotatable bonds is 2. The maximum absolute atomic E-state index is 12.7. The third-order valence-corrected chi connectivity index (χ3v) is 5.89. The van der Waals surface area contributed by atoms with Crippen LogP contribution in [0.3, 0.4) is 0 Å². The summed E-state index contributed by atoms with van der Waals surface area (Å²) >= 11 is 0. The Hall–Kier alpha value is -1.36. The molecule has 1 unspecified atom stereocenters. The Labute approximate surface area is 137 Å². The van der Waals surface area contributed by atoms with E-state index in [1.54, 1.807) is 0 Å². The van der Waals surface area contributed by atoms with E-state index >= 15 is 0 Å². The molecule has 0 radical (unpaired) electrons. The minimum atomic E-state index is -0.00907. The fourth-order valence-corrected chi connectivity index (χ4v) is 4.69. The maximum Gasteiger partial charge on any atom is 0.272 e. The predicted molar refractivity (Wildman–Crippen MR) is 87.5 cm³/mol. The normalized spacial score (nSPS) is 26.2. The Morgan fingerprint density at radius 3 is 2.83 bits per heavy atom. The standard InChI is InChI=1S/C18H27N3O2/c1-21-15-8-4-3-7-14(15)16(20-21)17(22)19-13-11-18(23-12-13)9-5-2-6-10-18/h13H,2-12H2,1H3,(H,19,22). The molecule has 2 fully saturated rings. The summed E-state index contributed by atoms with van der Waals surface area (Å²) in [6.45, 7) is 0.654. The van der Waals surface area contributed by atoms with Gasteiger partial charge < -0.3 is 10.1 Å². The van der Waals surface area contributed by atoms with Crippen molar-refractivity contribution >= 4 is 5.91 Å². The quantitative estimate of drug-likeness (QED) is 0.912. The monoisotopic (exact) mass is 317 g/mol. The van der Waals surface area contributed by atoms with Crippen LogP contribution in [0.15, 0.2) is 0 Å². The molecule has 23 heavy (non-hydrogen) atoms. The predicted octanol–water partition coefficient (Wildman–Crippen LogP) is 2.52. The first kappa shape index (κ1) is 15.2. The number of hydrogen-bond acceptors (Lipinski definition) is 3. The van der Waals surface area contributed by atoms with Crippen molar-refractivity contribution < 1.29 is 9.53 Å². The molecule has 1 spiro atoms. The first-order valence-corrected chi connectivity index (χ1v) is 9.16. The Kier molecular flexibility index (Phi) is 3.92. The zero-order chi connectivity index (χ0) is 15.9. The van der Waals surface area contributed by atoms with Crippen LogP contribution in [0.1, 0.15) is 73.1 Å². The molecule has 2 heterocycles. The summed E-state index contributed by atoms with van der Waals surface area (Å²) < 4.78 is 8.01. The Balaban J connectivity index is 1.45. The van der Waals surface area contributed by atoms with Crippen molar-refractivity contribution in [2.45, 2.75) is 75.9 Å². The van der Waals surface area contributed by atoms with E-state index in [0.717, 1.165) is 38.5 Å². The average molecular weight is 317 g/mol. The smallest absolute Gasteiger partial charge is 0.272 e. The van der Waals surface area contributed by atoms with Crippen LogP contribution in [-0.2, 0) is 24.6 Å². The fraction of sp³-hybridized carbons (Fsp3) is 0.778. The summed E-state index contributed by atoms with van der Waals surface area (Å²) in [5, 5.41) is 7.69. The molecule has 0 bridgehead atoms. The highest BCUT2D eigenvalue weighted by molar-refractivity contribution is 5.94. The Bertz CT molecular complexity index is 602. The van der Waals surface area contributed by atoms with Crippen molar-refractivity contribution in [3.05, 3.63) is 17.0 Å². The van der Waals surface area contributed by atoms with Gasteiger partial charge in [-0.1, -0.05) is 19.3 Å². The number of amides is 1. The van der Waals surface area contributed by atoms with Crippen LogP contribution in [0, 0.1) is 0 Å². The van der Waals surface area contributed by atoms with E-state index in [1.807, 2.05) is 11.7 Å². The molecule has 1 aliphatic heterocycles. The molecule has 5 heteroatoms. The minimum absolute atomic E-state index is 0.00907. The second-order valence-electron chi connectivity index (χ2n) is 7.53. The van der Waals surface area contributed by atoms with Gasteiger partial charge in [0.15, 0.2) is 5.69 Å². The lowest BCUT2D eigenvalue weighted by Gasteiger charge is -2.32. The lowest BCUT2D eigenvalue weighted by Crippen LogP contribution is -2.38. The van der Waals surface area contributed by atoms with Gasteiger partial charge in [0, 0.05) is 18.3 Å². The van der Waals surface area contributed by atoms with E-state index in [1.165, 1.54) is 36.9 Å². The van der Waals surface area contributed by atoms with E-state index < -0.39 is 0 Å². The highest BCUT2D eigenvalue weighted by Crippen LogP contribution is 2.39. The van der Waals surface area contributed by atoms with Gasteiger partial charge in [0.1, 0.15) is 0 Å². The van der Waals surface area contributed by atoms with Crippen LogP contribution in [0.5, 0.6) is 0 Å². The molecule has 2 aliphatic carbocycles. The second kappa shape index (κ2) is 5.93. The third-order valence-electron chi connectivity index (χ3n) is 5.89. The first-order valence-electron chi connectivity index (χ1n) is 9.16. The number of aromatic nitrogens is 2. The average Bonchev–Trinajstić information content (AvgIpc) is 3.10. The zero-order valence-corrected chi connectivity index (χ0v) is 14.1. The molecule has 1 aromatic rings. The highest BCUT2D eigenvalue weighted by Gasteiger charge is 2.41. The van der Waals surface area contributed by atoms with Gasteiger partial charge in [-0.3, -0.25) is 9.48 Å². The van der Waals surface area contributed by atoms with E-state index in [-0.39, 0.29) is 17.6 Å². The summed E-state index contributed by atoms with van der Waals surface area (Å²) in [6, 6.07) is 0.141. The maximum atomic E-state index is 12.7. The Morgan fingerprint density at radius 2 is 2.00 bits per heavy atom. The van der Waals surface area contributed by atoms with Gasteiger partial charge >= 0.3 is 0 Å². The number of carbonyl (C=O) groups is 1. The fourth-order valence-electron chi connectivity index (χ4n) is 4.69. The van der Waals surface area contributed by atoms with Crippen molar-refractivity contribution in [1.29, 1.82) is 0 Å². The van der Waals surface area contributed by atoms with Crippen molar-refractivity contribution in [2.24, 2.45) is 7.05 Å². The van der Waals surface area contributed by atoms with Crippen molar-refractivity contribution in [3.63, 3.8) is 0 Å². The van der Waals surface area contributed by atoms with Crippen LogP contribution < -0.4 is 5.32 Å². The van der Waals surface area contributed by atoms with Crippen LogP contribution in [0.2, 0.25) is 0 Å². The van der Waals surface area contributed by atoms with Gasteiger partial charge in [-0.05, 0) is 44.9 Å². The van der Waals surface area contributed by atoms with Gasteiger partial charge in [-0.15, -0.1) is 0 Å². The van der Waals surface area contributed by atoms with Crippen molar-refractivity contribution in [2.75, 3.05) is 6.61 Å². The third kappa shape index (κ3) is 2.80. The zero-order valence-electron chi connectivity index (χ0n) is 14.1. The number of nitrogens with zero attached hydrogens (tertiary/aromatic N) is 2. The van der Waals surface area contributed by atoms with Crippen molar-refractivity contribution in [3.8, 4) is 0 Å². The number of hydrogen-bond donors (Lipinski definition) is 1. The number of carbonyl (C=O) groups excluding carboxylic acids is 1. The molecule has 3 aliphatic rings. The molecule has 4 rings (SSSR count). The van der Waals surface area contributed by atoms with E-state index in [9.17, 15) is 4.79 Å². The lowest BCUT2D eigenvalue weighted by molar-refractivity contribution is -0.0246.